The van der Waals surface area contributed by atoms with Gasteiger partial charge in [-0.25, -0.2) is 9.37 Å². The van der Waals surface area contributed by atoms with Gasteiger partial charge in [-0.2, -0.15) is 0 Å². The van der Waals surface area contributed by atoms with Crippen molar-refractivity contribution in [2.45, 2.75) is 12.3 Å². The molecule has 0 saturated heterocycles. The van der Waals surface area contributed by atoms with Crippen LogP contribution < -0.4 is 0 Å². The predicted octanol–water partition coefficient (Wildman–Crippen LogP) is 5.88. The summed E-state index contributed by atoms with van der Waals surface area (Å²) in [5.41, 5.74) is 2.06. The molecule has 108 valence electrons. The Kier molecular flexibility index (Phi) is 3.95. The first-order valence-corrected chi connectivity index (χ1v) is 7.85. The van der Waals surface area contributed by atoms with Crippen LogP contribution in [0.15, 0.2) is 40.9 Å². The lowest BCUT2D eigenvalue weighted by Gasteiger charge is -2.12. The average Bonchev–Trinajstić information content (AvgIpc) is 2.80. The number of alkyl halides is 1. The zero-order valence-electron chi connectivity index (χ0n) is 10.9. The molecular weight excluding hydrogens is 378 g/mol. The van der Waals surface area contributed by atoms with E-state index in [2.05, 4.69) is 20.9 Å². The van der Waals surface area contributed by atoms with E-state index in [1.165, 1.54) is 12.1 Å². The number of aromatic nitrogens is 2. The predicted molar refractivity (Wildman–Crippen MR) is 88.0 cm³/mol. The summed E-state index contributed by atoms with van der Waals surface area (Å²) in [5.74, 6) is 0.290. The molecule has 3 rings (SSSR count). The van der Waals surface area contributed by atoms with Gasteiger partial charge in [-0.3, -0.25) is 4.57 Å². The SMILES string of the molecule is CC(Cl)c1nc2cc(F)ccc2n1-c1cc(Br)ccc1Cl. The summed E-state index contributed by atoms with van der Waals surface area (Å²) in [6.45, 7) is 1.82. The maximum atomic E-state index is 13.4. The minimum atomic E-state index is -0.337. The van der Waals surface area contributed by atoms with Gasteiger partial charge in [-0.15, -0.1) is 11.6 Å². The van der Waals surface area contributed by atoms with Crippen LogP contribution in [0.1, 0.15) is 18.1 Å². The molecule has 0 amide bonds. The Labute approximate surface area is 139 Å². The van der Waals surface area contributed by atoms with Gasteiger partial charge in [0, 0.05) is 10.5 Å². The highest BCUT2D eigenvalue weighted by Crippen LogP contribution is 2.33. The number of hydrogen-bond acceptors (Lipinski definition) is 1. The summed E-state index contributed by atoms with van der Waals surface area (Å²) in [4.78, 5) is 4.44. The molecule has 6 heteroatoms. The molecule has 0 aliphatic rings. The Hall–Kier alpha value is -1.10. The molecule has 1 heterocycles. The van der Waals surface area contributed by atoms with Crippen LogP contribution in [0.3, 0.4) is 0 Å². The van der Waals surface area contributed by atoms with Gasteiger partial charge >= 0.3 is 0 Å². The van der Waals surface area contributed by atoms with Crippen LogP contribution in [0.4, 0.5) is 4.39 Å². The lowest BCUT2D eigenvalue weighted by molar-refractivity contribution is 0.629. The maximum absolute atomic E-state index is 13.4. The Morgan fingerprint density at radius 2 is 2.00 bits per heavy atom. The van der Waals surface area contributed by atoms with Gasteiger partial charge in [0.05, 0.1) is 27.1 Å². The van der Waals surface area contributed by atoms with Crippen LogP contribution in [0, 0.1) is 5.82 Å². The van der Waals surface area contributed by atoms with E-state index < -0.39 is 0 Å². The first kappa shape index (κ1) is 14.8. The highest BCUT2D eigenvalue weighted by atomic mass is 79.9. The second kappa shape index (κ2) is 5.59. The van der Waals surface area contributed by atoms with E-state index in [1.54, 1.807) is 12.1 Å². The third-order valence-corrected chi connectivity index (χ3v) is 4.16. The topological polar surface area (TPSA) is 17.8 Å². The monoisotopic (exact) mass is 386 g/mol. The number of benzene rings is 2. The van der Waals surface area contributed by atoms with Crippen molar-refractivity contribution in [3.63, 3.8) is 0 Å². The van der Waals surface area contributed by atoms with Gasteiger partial charge in [0.25, 0.3) is 0 Å². The van der Waals surface area contributed by atoms with Crippen LogP contribution in [0.5, 0.6) is 0 Å². The molecule has 0 fully saturated rings. The Morgan fingerprint density at radius 1 is 1.24 bits per heavy atom. The molecule has 1 aromatic heterocycles. The first-order chi connectivity index (χ1) is 9.97. The summed E-state index contributed by atoms with van der Waals surface area (Å²) < 4.78 is 16.2. The van der Waals surface area contributed by atoms with Crippen LogP contribution in [-0.2, 0) is 0 Å². The molecule has 1 unspecified atom stereocenters. The van der Waals surface area contributed by atoms with Gasteiger partial charge in [-0.1, -0.05) is 27.5 Å². The summed E-state index contributed by atoms with van der Waals surface area (Å²) >= 11 is 16.0. The first-order valence-electron chi connectivity index (χ1n) is 6.25. The molecule has 0 bridgehead atoms. The lowest BCUT2D eigenvalue weighted by atomic mass is 10.2. The van der Waals surface area contributed by atoms with Crippen molar-refractivity contribution in [3.05, 3.63) is 57.5 Å². The van der Waals surface area contributed by atoms with Crippen molar-refractivity contribution in [2.75, 3.05) is 0 Å². The number of imidazole rings is 1. The van der Waals surface area contributed by atoms with E-state index in [0.717, 1.165) is 15.7 Å². The molecule has 0 radical (unpaired) electrons. The molecular formula is C15H10BrCl2FN2. The summed E-state index contributed by atoms with van der Waals surface area (Å²) in [5, 5.41) is 0.232. The maximum Gasteiger partial charge on any atom is 0.132 e. The molecule has 1 atom stereocenters. The van der Waals surface area contributed by atoms with E-state index in [1.807, 2.05) is 23.6 Å². The smallest absolute Gasteiger partial charge is 0.132 e. The van der Waals surface area contributed by atoms with Gasteiger partial charge in [0.2, 0.25) is 0 Å². The molecule has 0 spiro atoms. The standard InChI is InChI=1S/C15H10BrCl2FN2/c1-8(17)15-20-12-7-10(19)3-5-13(12)21(15)14-6-9(16)2-4-11(14)18/h2-8H,1H3. The van der Waals surface area contributed by atoms with Crippen molar-refractivity contribution >= 4 is 50.2 Å². The van der Waals surface area contributed by atoms with Crippen molar-refractivity contribution in [2.24, 2.45) is 0 Å². The molecule has 3 aromatic rings. The quantitative estimate of drug-likeness (QED) is 0.502. The van der Waals surface area contributed by atoms with E-state index in [-0.39, 0.29) is 11.2 Å². The molecule has 0 N–H and O–H groups in total. The Bertz CT molecular complexity index is 830. The Morgan fingerprint density at radius 3 is 2.71 bits per heavy atom. The summed E-state index contributed by atoms with van der Waals surface area (Å²) in [6, 6.07) is 10.00. The fourth-order valence-corrected chi connectivity index (χ4v) is 2.95. The van der Waals surface area contributed by atoms with Crippen LogP contribution in [0.25, 0.3) is 16.7 Å². The van der Waals surface area contributed by atoms with Crippen LogP contribution in [0.2, 0.25) is 5.02 Å². The zero-order valence-corrected chi connectivity index (χ0v) is 14.0. The van der Waals surface area contributed by atoms with Crippen LogP contribution in [-0.4, -0.2) is 9.55 Å². The largest absolute Gasteiger partial charge is 0.294 e. The summed E-state index contributed by atoms with van der Waals surface area (Å²) in [6.07, 6.45) is 0. The second-order valence-electron chi connectivity index (χ2n) is 4.65. The highest BCUT2D eigenvalue weighted by Gasteiger charge is 2.18. The van der Waals surface area contributed by atoms with Gasteiger partial charge < -0.3 is 0 Å². The number of fused-ring (bicyclic) bond motifs is 1. The zero-order chi connectivity index (χ0) is 15.1. The number of halogens is 4. The average molecular weight is 388 g/mol. The van der Waals surface area contributed by atoms with Crippen molar-refractivity contribution < 1.29 is 4.39 Å². The van der Waals surface area contributed by atoms with E-state index in [0.29, 0.717) is 16.4 Å². The second-order valence-corrected chi connectivity index (χ2v) is 6.63. The van der Waals surface area contributed by atoms with Gasteiger partial charge in [-0.05, 0) is 37.3 Å². The third kappa shape index (κ3) is 2.68. The van der Waals surface area contributed by atoms with E-state index >= 15 is 0 Å². The number of nitrogens with zero attached hydrogens (tertiary/aromatic N) is 2. The fraction of sp³-hybridized carbons (Fsp3) is 0.133. The number of rotatable bonds is 2. The molecule has 0 aliphatic carbocycles. The minimum absolute atomic E-state index is 0.332. The third-order valence-electron chi connectivity index (χ3n) is 3.15. The van der Waals surface area contributed by atoms with Crippen LogP contribution >= 0.6 is 39.1 Å². The molecule has 21 heavy (non-hydrogen) atoms. The van der Waals surface area contributed by atoms with Gasteiger partial charge in [0.1, 0.15) is 11.6 Å². The minimum Gasteiger partial charge on any atom is -0.294 e. The van der Waals surface area contributed by atoms with E-state index in [9.17, 15) is 4.39 Å². The van der Waals surface area contributed by atoms with Crippen molar-refractivity contribution in [1.29, 1.82) is 0 Å². The van der Waals surface area contributed by atoms with Gasteiger partial charge in [0.15, 0.2) is 0 Å². The normalized spacial score (nSPS) is 12.8. The molecule has 0 aliphatic heterocycles. The van der Waals surface area contributed by atoms with Crippen molar-refractivity contribution in [1.82, 2.24) is 9.55 Å². The molecule has 2 aromatic carbocycles. The lowest BCUT2D eigenvalue weighted by Crippen LogP contribution is -2.02. The van der Waals surface area contributed by atoms with E-state index in [4.69, 9.17) is 23.2 Å². The highest BCUT2D eigenvalue weighted by molar-refractivity contribution is 9.10. The Balaban J connectivity index is 2.39. The fourth-order valence-electron chi connectivity index (χ4n) is 2.25. The number of hydrogen-bond donors (Lipinski definition) is 0. The molecule has 2 nitrogen and oxygen atoms in total. The van der Waals surface area contributed by atoms with Crippen molar-refractivity contribution in [3.8, 4) is 5.69 Å². The summed E-state index contributed by atoms with van der Waals surface area (Å²) in [7, 11) is 0. The molecule has 0 saturated carbocycles.